The van der Waals surface area contributed by atoms with Crippen LogP contribution in [-0.2, 0) is 9.59 Å². The molecule has 0 aromatic rings. The lowest BCUT2D eigenvalue weighted by molar-refractivity contribution is -0.144. The van der Waals surface area contributed by atoms with Gasteiger partial charge in [-0.2, -0.15) is 0 Å². The quantitative estimate of drug-likeness (QED) is 0.771. The van der Waals surface area contributed by atoms with E-state index in [9.17, 15) is 9.59 Å². The van der Waals surface area contributed by atoms with Crippen molar-refractivity contribution in [3.05, 3.63) is 0 Å². The Morgan fingerprint density at radius 2 is 1.85 bits per heavy atom. The summed E-state index contributed by atoms with van der Waals surface area (Å²) in [5, 5.41) is 0. The smallest absolute Gasteiger partial charge is 0.229 e. The summed E-state index contributed by atoms with van der Waals surface area (Å²) in [6.07, 6.45) is 8.08. The number of likely N-dealkylation sites (tertiary alicyclic amines) is 1. The van der Waals surface area contributed by atoms with Crippen LogP contribution in [0.1, 0.15) is 72.1 Å². The molecule has 2 rings (SSSR count). The lowest BCUT2D eigenvalue weighted by Gasteiger charge is -2.36. The van der Waals surface area contributed by atoms with Crippen molar-refractivity contribution in [1.82, 2.24) is 4.90 Å². The minimum Gasteiger partial charge on any atom is -0.339 e. The Kier molecular flexibility index (Phi) is 4.87. The molecule has 1 saturated carbocycles. The van der Waals surface area contributed by atoms with Gasteiger partial charge in [-0.05, 0) is 44.9 Å². The molecule has 3 nitrogen and oxygen atoms in total. The molecule has 0 radical (unpaired) electrons. The van der Waals surface area contributed by atoms with Crippen LogP contribution >= 0.6 is 0 Å². The largest absolute Gasteiger partial charge is 0.339 e. The van der Waals surface area contributed by atoms with Crippen LogP contribution in [0.2, 0.25) is 0 Å². The van der Waals surface area contributed by atoms with Gasteiger partial charge in [0, 0.05) is 24.4 Å². The van der Waals surface area contributed by atoms with Crippen molar-refractivity contribution in [2.75, 3.05) is 6.54 Å². The first-order chi connectivity index (χ1) is 9.44. The van der Waals surface area contributed by atoms with Crippen molar-refractivity contribution < 1.29 is 9.59 Å². The van der Waals surface area contributed by atoms with Gasteiger partial charge in [0.15, 0.2) is 0 Å². The van der Waals surface area contributed by atoms with Crippen LogP contribution in [0.3, 0.4) is 0 Å². The topological polar surface area (TPSA) is 37.4 Å². The summed E-state index contributed by atoms with van der Waals surface area (Å²) in [4.78, 5) is 26.6. The minimum atomic E-state index is -0.118. The molecule has 3 heteroatoms. The zero-order valence-corrected chi connectivity index (χ0v) is 13.3. The van der Waals surface area contributed by atoms with Gasteiger partial charge >= 0.3 is 0 Å². The van der Waals surface area contributed by atoms with E-state index in [1.54, 1.807) is 6.92 Å². The summed E-state index contributed by atoms with van der Waals surface area (Å²) < 4.78 is 0. The average Bonchev–Trinajstić information content (AvgIpc) is 2.97. The predicted molar refractivity (Wildman–Crippen MR) is 80.4 cm³/mol. The van der Waals surface area contributed by atoms with Crippen LogP contribution in [-0.4, -0.2) is 29.2 Å². The molecule has 0 N–H and O–H groups in total. The van der Waals surface area contributed by atoms with Gasteiger partial charge in [0.2, 0.25) is 5.91 Å². The highest BCUT2D eigenvalue weighted by Crippen LogP contribution is 2.45. The zero-order valence-electron chi connectivity index (χ0n) is 13.3. The van der Waals surface area contributed by atoms with Crippen LogP contribution in [0.4, 0.5) is 0 Å². The fraction of sp³-hybridized carbons (Fsp3) is 0.882. The average molecular weight is 279 g/mol. The summed E-state index contributed by atoms with van der Waals surface area (Å²) in [5.74, 6) is 1.12. The number of nitrogens with zero attached hydrogens (tertiary/aromatic N) is 1. The third-order valence-corrected chi connectivity index (χ3v) is 4.97. The molecular formula is C17H29NO2. The van der Waals surface area contributed by atoms with E-state index in [2.05, 4.69) is 18.7 Å². The maximum Gasteiger partial charge on any atom is 0.229 e. The summed E-state index contributed by atoms with van der Waals surface area (Å²) in [7, 11) is 0. The van der Waals surface area contributed by atoms with Gasteiger partial charge in [0.25, 0.3) is 0 Å². The lowest BCUT2D eigenvalue weighted by Crippen LogP contribution is -2.46. The van der Waals surface area contributed by atoms with Crippen LogP contribution in [0.5, 0.6) is 0 Å². The third kappa shape index (κ3) is 3.24. The van der Waals surface area contributed by atoms with Crippen LogP contribution in [0, 0.1) is 11.3 Å². The molecule has 1 saturated heterocycles. The number of carbonyl (C=O) groups excluding carboxylic acids is 2. The summed E-state index contributed by atoms with van der Waals surface area (Å²) in [6, 6.07) is 0.171. The van der Waals surface area contributed by atoms with Crippen molar-refractivity contribution in [2.24, 2.45) is 11.3 Å². The fourth-order valence-electron chi connectivity index (χ4n) is 4.29. The highest BCUT2D eigenvalue weighted by Gasteiger charge is 2.46. The summed E-state index contributed by atoms with van der Waals surface area (Å²) >= 11 is 0. The van der Waals surface area contributed by atoms with Crippen molar-refractivity contribution in [1.29, 1.82) is 0 Å². The van der Waals surface area contributed by atoms with E-state index in [4.69, 9.17) is 0 Å². The molecule has 0 bridgehead atoms. The molecule has 1 aliphatic heterocycles. The number of amides is 1. The first-order valence-corrected chi connectivity index (χ1v) is 8.25. The first kappa shape index (κ1) is 15.5. The van der Waals surface area contributed by atoms with Gasteiger partial charge in [-0.25, -0.2) is 0 Å². The molecular weight excluding hydrogens is 250 g/mol. The standard InChI is InChI=1S/C17H29NO2/c1-13(2)12-17(8-4-5-9-17)16(20)18-10-6-7-15(18)11-14(3)19/h13,15H,4-12H2,1-3H3. The number of carbonyl (C=O) groups is 2. The fourth-order valence-corrected chi connectivity index (χ4v) is 4.29. The number of Topliss-reactive ketones (excluding diaryl/α,β-unsaturated/α-hetero) is 1. The zero-order chi connectivity index (χ0) is 14.8. The molecule has 2 fully saturated rings. The molecule has 2 aliphatic rings. The number of rotatable bonds is 5. The second-order valence-corrected chi connectivity index (χ2v) is 7.29. The Hall–Kier alpha value is -0.860. The maximum absolute atomic E-state index is 13.1. The van der Waals surface area contributed by atoms with E-state index in [0.717, 1.165) is 38.6 Å². The number of hydrogen-bond acceptors (Lipinski definition) is 2. The van der Waals surface area contributed by atoms with Gasteiger partial charge in [-0.1, -0.05) is 26.7 Å². The van der Waals surface area contributed by atoms with Crippen LogP contribution in [0.15, 0.2) is 0 Å². The molecule has 1 atom stereocenters. The second-order valence-electron chi connectivity index (χ2n) is 7.29. The van der Waals surface area contributed by atoms with E-state index in [1.807, 2.05) is 0 Å². The van der Waals surface area contributed by atoms with E-state index < -0.39 is 0 Å². The summed E-state index contributed by atoms with van der Waals surface area (Å²) in [6.45, 7) is 6.92. The first-order valence-electron chi connectivity index (χ1n) is 8.25. The van der Waals surface area contributed by atoms with E-state index in [1.165, 1.54) is 12.8 Å². The number of ketones is 1. The van der Waals surface area contributed by atoms with Crippen LogP contribution in [0.25, 0.3) is 0 Å². The Morgan fingerprint density at radius 1 is 1.20 bits per heavy atom. The maximum atomic E-state index is 13.1. The third-order valence-electron chi connectivity index (χ3n) is 4.97. The molecule has 1 amide bonds. The minimum absolute atomic E-state index is 0.118. The van der Waals surface area contributed by atoms with Gasteiger partial charge in [-0.15, -0.1) is 0 Å². The van der Waals surface area contributed by atoms with E-state index in [0.29, 0.717) is 18.2 Å². The van der Waals surface area contributed by atoms with Gasteiger partial charge < -0.3 is 4.90 Å². The predicted octanol–water partition coefficient (Wildman–Crippen LogP) is 3.56. The van der Waals surface area contributed by atoms with Gasteiger partial charge in [0.1, 0.15) is 5.78 Å². The monoisotopic (exact) mass is 279 g/mol. The highest BCUT2D eigenvalue weighted by molar-refractivity contribution is 5.84. The molecule has 1 aliphatic carbocycles. The van der Waals surface area contributed by atoms with E-state index >= 15 is 0 Å². The molecule has 0 aromatic heterocycles. The SMILES string of the molecule is CC(=O)CC1CCCN1C(=O)C1(CC(C)C)CCCC1. The lowest BCUT2D eigenvalue weighted by atomic mass is 9.77. The molecule has 1 heterocycles. The van der Waals surface area contributed by atoms with Crippen molar-refractivity contribution in [2.45, 2.75) is 78.2 Å². The Balaban J connectivity index is 2.12. The Labute approximate surface area is 123 Å². The molecule has 114 valence electrons. The van der Waals surface area contributed by atoms with Gasteiger partial charge in [0.05, 0.1) is 0 Å². The highest BCUT2D eigenvalue weighted by atomic mass is 16.2. The normalized spacial score (nSPS) is 25.4. The number of hydrogen-bond donors (Lipinski definition) is 0. The van der Waals surface area contributed by atoms with Gasteiger partial charge in [-0.3, -0.25) is 9.59 Å². The molecule has 0 spiro atoms. The van der Waals surface area contributed by atoms with Crippen molar-refractivity contribution in [3.8, 4) is 0 Å². The second kappa shape index (κ2) is 6.28. The molecule has 0 aromatic carbocycles. The Morgan fingerprint density at radius 3 is 2.40 bits per heavy atom. The molecule has 1 unspecified atom stereocenters. The van der Waals surface area contributed by atoms with Crippen LogP contribution < -0.4 is 0 Å². The Bertz CT molecular complexity index is 369. The van der Waals surface area contributed by atoms with Crippen molar-refractivity contribution in [3.63, 3.8) is 0 Å². The van der Waals surface area contributed by atoms with Crippen molar-refractivity contribution >= 4 is 11.7 Å². The molecule has 20 heavy (non-hydrogen) atoms. The van der Waals surface area contributed by atoms with E-state index in [-0.39, 0.29) is 17.2 Å². The summed E-state index contributed by atoms with van der Waals surface area (Å²) in [5.41, 5.74) is -0.118.